The van der Waals surface area contributed by atoms with Gasteiger partial charge in [0.25, 0.3) is 0 Å². The van der Waals surface area contributed by atoms with Gasteiger partial charge in [0.15, 0.2) is 0 Å². The van der Waals surface area contributed by atoms with Gasteiger partial charge in [-0.05, 0) is 37.8 Å². The van der Waals surface area contributed by atoms with Gasteiger partial charge in [-0.25, -0.2) is 0 Å². The summed E-state index contributed by atoms with van der Waals surface area (Å²) in [6, 6.07) is 5.84. The number of ether oxygens (including phenoxy) is 1. The van der Waals surface area contributed by atoms with Crippen LogP contribution in [0.2, 0.25) is 0 Å². The number of carbonyl (C=O) groups is 1. The third-order valence-corrected chi connectivity index (χ3v) is 4.71. The maximum absolute atomic E-state index is 11.1. The minimum Gasteiger partial charge on any atom is -0.485 e. The lowest BCUT2D eigenvalue weighted by atomic mass is 9.89. The summed E-state index contributed by atoms with van der Waals surface area (Å²) in [5.74, 6) is 0.262. The fourth-order valence-corrected chi connectivity index (χ4v) is 3.34. The first-order valence-electron chi connectivity index (χ1n) is 7.25. The van der Waals surface area contributed by atoms with E-state index in [1.54, 1.807) is 6.92 Å². The van der Waals surface area contributed by atoms with Gasteiger partial charge in [-0.3, -0.25) is 9.69 Å². The van der Waals surface area contributed by atoms with Crippen molar-refractivity contribution in [2.45, 2.75) is 44.8 Å². The average molecular weight is 275 g/mol. The molecule has 0 bridgehead atoms. The number of aliphatic carboxylic acids is 1. The van der Waals surface area contributed by atoms with Gasteiger partial charge in [0.2, 0.25) is 0 Å². The molecular formula is C16H21NO3. The van der Waals surface area contributed by atoms with Crippen LogP contribution in [-0.2, 0) is 11.2 Å². The Labute approximate surface area is 119 Å². The number of likely N-dealkylation sites (tertiary alicyclic amines) is 1. The molecule has 1 spiro atoms. The number of para-hydroxylation sites is 1. The maximum atomic E-state index is 11.1. The minimum absolute atomic E-state index is 0.192. The van der Waals surface area contributed by atoms with Crippen molar-refractivity contribution < 1.29 is 14.6 Å². The number of aryl methyl sites for hydroxylation is 2. The summed E-state index contributed by atoms with van der Waals surface area (Å²) >= 11 is 0. The van der Waals surface area contributed by atoms with Crippen molar-refractivity contribution in [3.63, 3.8) is 0 Å². The van der Waals surface area contributed by atoms with Crippen LogP contribution in [0.1, 0.15) is 30.9 Å². The Morgan fingerprint density at radius 2 is 2.25 bits per heavy atom. The summed E-state index contributed by atoms with van der Waals surface area (Å²) < 4.78 is 6.34. The molecule has 1 saturated heterocycles. The molecule has 0 aromatic heterocycles. The largest absolute Gasteiger partial charge is 0.485 e. The second kappa shape index (κ2) is 4.77. The van der Waals surface area contributed by atoms with Gasteiger partial charge < -0.3 is 9.84 Å². The Kier molecular flexibility index (Phi) is 3.21. The molecule has 20 heavy (non-hydrogen) atoms. The highest BCUT2D eigenvalue weighted by molar-refractivity contribution is 5.73. The van der Waals surface area contributed by atoms with Crippen molar-refractivity contribution in [3.8, 4) is 5.75 Å². The van der Waals surface area contributed by atoms with E-state index < -0.39 is 12.0 Å². The predicted molar refractivity (Wildman–Crippen MR) is 76.1 cm³/mol. The van der Waals surface area contributed by atoms with Crippen molar-refractivity contribution in [2.24, 2.45) is 0 Å². The summed E-state index contributed by atoms with van der Waals surface area (Å²) in [5.41, 5.74) is 2.26. The number of fused-ring (bicyclic) bond motifs is 1. The summed E-state index contributed by atoms with van der Waals surface area (Å²) in [4.78, 5) is 13.1. The van der Waals surface area contributed by atoms with Crippen molar-refractivity contribution in [1.82, 2.24) is 4.90 Å². The molecule has 4 nitrogen and oxygen atoms in total. The molecule has 2 unspecified atom stereocenters. The van der Waals surface area contributed by atoms with Gasteiger partial charge >= 0.3 is 5.97 Å². The normalized spacial score (nSPS) is 27.1. The number of hydrogen-bond donors (Lipinski definition) is 1. The molecule has 1 aromatic rings. The van der Waals surface area contributed by atoms with Gasteiger partial charge in [0.05, 0.1) is 0 Å². The first-order valence-corrected chi connectivity index (χ1v) is 7.25. The Balaban J connectivity index is 1.80. The Morgan fingerprint density at radius 3 is 3.00 bits per heavy atom. The molecule has 108 valence electrons. The fraction of sp³-hybridized carbons (Fsp3) is 0.562. The molecule has 3 rings (SSSR count). The zero-order valence-corrected chi connectivity index (χ0v) is 12.1. The molecule has 0 saturated carbocycles. The van der Waals surface area contributed by atoms with E-state index in [1.807, 2.05) is 4.90 Å². The number of hydrogen-bond acceptors (Lipinski definition) is 3. The zero-order chi connectivity index (χ0) is 14.3. The number of rotatable bonds is 2. The summed E-state index contributed by atoms with van der Waals surface area (Å²) in [6.07, 6.45) is 2.91. The monoisotopic (exact) mass is 275 g/mol. The lowest BCUT2D eigenvalue weighted by Gasteiger charge is -2.37. The number of carboxylic acids is 1. The standard InChI is InChI=1S/C16H21NO3/c1-11-4-3-5-13-6-7-16(20-14(11)13)8-9-17(10-16)12(2)15(18)19/h3-5,12H,6-10H2,1-2H3,(H,18,19). The molecule has 1 fully saturated rings. The van der Waals surface area contributed by atoms with Gasteiger partial charge in [-0.2, -0.15) is 0 Å². The molecule has 0 aliphatic carbocycles. The molecule has 1 aromatic carbocycles. The van der Waals surface area contributed by atoms with Gasteiger partial charge in [-0.1, -0.05) is 18.2 Å². The second-order valence-electron chi connectivity index (χ2n) is 6.08. The fourth-order valence-electron chi connectivity index (χ4n) is 3.34. The molecule has 2 aliphatic heterocycles. The lowest BCUT2D eigenvalue weighted by molar-refractivity contribution is -0.142. The van der Waals surface area contributed by atoms with Crippen LogP contribution in [0.4, 0.5) is 0 Å². The van der Waals surface area contributed by atoms with E-state index in [0.29, 0.717) is 6.54 Å². The molecule has 2 aliphatic rings. The van der Waals surface area contributed by atoms with E-state index >= 15 is 0 Å². The first kappa shape index (κ1) is 13.4. The molecule has 0 radical (unpaired) electrons. The van der Waals surface area contributed by atoms with E-state index in [0.717, 1.165) is 31.6 Å². The SMILES string of the molecule is Cc1cccc2c1OC1(CC2)CCN(C(C)C(=O)O)C1. The van der Waals surface area contributed by atoms with Crippen molar-refractivity contribution >= 4 is 5.97 Å². The van der Waals surface area contributed by atoms with Gasteiger partial charge in [0, 0.05) is 19.5 Å². The Bertz CT molecular complexity index is 543. The third-order valence-electron chi connectivity index (χ3n) is 4.71. The first-order chi connectivity index (χ1) is 9.51. The molecule has 2 atom stereocenters. The summed E-state index contributed by atoms with van der Waals surface area (Å²) in [6.45, 7) is 5.34. The molecule has 1 N–H and O–H groups in total. The lowest BCUT2D eigenvalue weighted by Crippen LogP contribution is -2.45. The highest BCUT2D eigenvalue weighted by atomic mass is 16.5. The average Bonchev–Trinajstić information content (AvgIpc) is 2.83. The van der Waals surface area contributed by atoms with Crippen LogP contribution in [-0.4, -0.2) is 40.7 Å². The topological polar surface area (TPSA) is 49.8 Å². The number of benzene rings is 1. The van der Waals surface area contributed by atoms with Crippen LogP contribution in [0, 0.1) is 6.92 Å². The predicted octanol–water partition coefficient (Wildman–Crippen LogP) is 2.24. The highest BCUT2D eigenvalue weighted by Gasteiger charge is 2.44. The third kappa shape index (κ3) is 2.18. The van der Waals surface area contributed by atoms with Crippen molar-refractivity contribution in [2.75, 3.05) is 13.1 Å². The molecular weight excluding hydrogens is 254 g/mol. The van der Waals surface area contributed by atoms with Crippen LogP contribution in [0.3, 0.4) is 0 Å². The van der Waals surface area contributed by atoms with Crippen LogP contribution >= 0.6 is 0 Å². The second-order valence-corrected chi connectivity index (χ2v) is 6.08. The highest BCUT2D eigenvalue weighted by Crippen LogP contribution is 2.40. The number of carboxylic acid groups (broad SMARTS) is 1. The van der Waals surface area contributed by atoms with Crippen LogP contribution in [0.15, 0.2) is 18.2 Å². The van der Waals surface area contributed by atoms with E-state index in [-0.39, 0.29) is 5.60 Å². The maximum Gasteiger partial charge on any atom is 0.320 e. The summed E-state index contributed by atoms with van der Waals surface area (Å²) in [7, 11) is 0. The van der Waals surface area contributed by atoms with Crippen molar-refractivity contribution in [3.05, 3.63) is 29.3 Å². The van der Waals surface area contributed by atoms with E-state index in [9.17, 15) is 4.79 Å². The van der Waals surface area contributed by atoms with Crippen molar-refractivity contribution in [1.29, 1.82) is 0 Å². The van der Waals surface area contributed by atoms with Crippen LogP contribution in [0.25, 0.3) is 0 Å². The number of nitrogens with zero attached hydrogens (tertiary/aromatic N) is 1. The van der Waals surface area contributed by atoms with E-state index in [4.69, 9.17) is 9.84 Å². The van der Waals surface area contributed by atoms with E-state index in [1.165, 1.54) is 11.1 Å². The molecule has 2 heterocycles. The smallest absolute Gasteiger partial charge is 0.320 e. The van der Waals surface area contributed by atoms with Crippen LogP contribution < -0.4 is 4.74 Å². The quantitative estimate of drug-likeness (QED) is 0.899. The van der Waals surface area contributed by atoms with E-state index in [2.05, 4.69) is 25.1 Å². The van der Waals surface area contributed by atoms with Crippen LogP contribution in [0.5, 0.6) is 5.75 Å². The van der Waals surface area contributed by atoms with Gasteiger partial charge in [-0.15, -0.1) is 0 Å². The minimum atomic E-state index is -0.755. The Hall–Kier alpha value is -1.55. The zero-order valence-electron chi connectivity index (χ0n) is 12.1. The summed E-state index contributed by atoms with van der Waals surface area (Å²) in [5, 5.41) is 9.15. The molecule has 4 heteroatoms. The van der Waals surface area contributed by atoms with Gasteiger partial charge in [0.1, 0.15) is 17.4 Å². The Morgan fingerprint density at radius 1 is 1.45 bits per heavy atom. The molecule has 0 amide bonds.